The quantitative estimate of drug-likeness (QED) is 0.647. The van der Waals surface area contributed by atoms with Gasteiger partial charge in [0.2, 0.25) is 5.91 Å². The van der Waals surface area contributed by atoms with Crippen molar-refractivity contribution in [2.45, 2.75) is 32.2 Å². The lowest BCUT2D eigenvalue weighted by atomic mass is 10.1. The number of amides is 2. The van der Waals surface area contributed by atoms with E-state index in [-0.39, 0.29) is 43.6 Å². The maximum Gasteiger partial charge on any atom is 0.306 e. The number of benzene rings is 2. The fraction of sp³-hybridized carbons (Fsp3) is 0.286. The molecule has 0 spiro atoms. The molecule has 0 fully saturated rings. The van der Waals surface area contributed by atoms with Gasteiger partial charge in [-0.05, 0) is 43.2 Å². The van der Waals surface area contributed by atoms with E-state index in [2.05, 4.69) is 10.6 Å². The van der Waals surface area contributed by atoms with E-state index in [4.69, 9.17) is 4.74 Å². The summed E-state index contributed by atoms with van der Waals surface area (Å²) in [6.45, 7) is 1.48. The van der Waals surface area contributed by atoms with Gasteiger partial charge in [-0.1, -0.05) is 30.3 Å². The zero-order chi connectivity index (χ0) is 20.4. The molecule has 148 valence electrons. The van der Waals surface area contributed by atoms with Crippen molar-refractivity contribution in [2.75, 3.05) is 11.9 Å². The summed E-state index contributed by atoms with van der Waals surface area (Å²) in [5.41, 5.74) is 1.44. The first kappa shape index (κ1) is 21.1. The second-order valence-corrected chi connectivity index (χ2v) is 6.27. The standard InChI is InChI=1S/C21H23FN2O4/c1-15(16-6-3-2-4-7-16)23-20(26)14-28-21(27)9-5-8-19(25)24-18-12-10-17(22)11-13-18/h2-4,6-7,10-13,15H,5,8-9,14H2,1H3,(H,23,26)(H,24,25)/t15-/m1/s1. The zero-order valence-corrected chi connectivity index (χ0v) is 15.6. The lowest BCUT2D eigenvalue weighted by molar-refractivity contribution is -0.148. The van der Waals surface area contributed by atoms with Crippen LogP contribution in [0.4, 0.5) is 10.1 Å². The minimum atomic E-state index is -0.544. The Bertz CT molecular complexity index is 794. The molecule has 0 saturated heterocycles. The van der Waals surface area contributed by atoms with Crippen LogP contribution in [0.3, 0.4) is 0 Å². The van der Waals surface area contributed by atoms with Crippen LogP contribution >= 0.6 is 0 Å². The van der Waals surface area contributed by atoms with Gasteiger partial charge in [-0.25, -0.2) is 4.39 Å². The molecule has 7 heteroatoms. The molecular formula is C21H23FN2O4. The monoisotopic (exact) mass is 386 g/mol. The Morgan fingerprint density at radius 2 is 1.64 bits per heavy atom. The first-order valence-corrected chi connectivity index (χ1v) is 8.99. The predicted octanol–water partition coefficient (Wildman–Crippen LogP) is 3.36. The third kappa shape index (κ3) is 7.57. The van der Waals surface area contributed by atoms with Gasteiger partial charge in [0.05, 0.1) is 6.04 Å². The molecule has 0 aliphatic carbocycles. The Labute approximate surface area is 163 Å². The van der Waals surface area contributed by atoms with Crippen molar-refractivity contribution in [1.82, 2.24) is 5.32 Å². The molecule has 2 amide bonds. The third-order valence-electron chi connectivity index (χ3n) is 3.95. The van der Waals surface area contributed by atoms with Crippen molar-refractivity contribution in [2.24, 2.45) is 0 Å². The van der Waals surface area contributed by atoms with E-state index in [9.17, 15) is 18.8 Å². The molecule has 0 unspecified atom stereocenters. The molecule has 6 nitrogen and oxygen atoms in total. The Kier molecular flexibility index (Phi) is 8.14. The minimum Gasteiger partial charge on any atom is -0.456 e. The van der Waals surface area contributed by atoms with E-state index < -0.39 is 11.9 Å². The van der Waals surface area contributed by atoms with E-state index in [1.165, 1.54) is 24.3 Å². The molecule has 28 heavy (non-hydrogen) atoms. The molecule has 0 saturated carbocycles. The summed E-state index contributed by atoms with van der Waals surface area (Å²) in [7, 11) is 0. The molecule has 0 bridgehead atoms. The fourth-order valence-electron chi connectivity index (χ4n) is 2.48. The second-order valence-electron chi connectivity index (χ2n) is 6.27. The largest absolute Gasteiger partial charge is 0.456 e. The number of ether oxygens (including phenoxy) is 1. The van der Waals surface area contributed by atoms with Gasteiger partial charge < -0.3 is 15.4 Å². The van der Waals surface area contributed by atoms with Crippen molar-refractivity contribution in [3.05, 3.63) is 66.0 Å². The number of hydrogen-bond donors (Lipinski definition) is 2. The molecule has 0 aromatic heterocycles. The van der Waals surface area contributed by atoms with Crippen LogP contribution in [0.1, 0.15) is 37.8 Å². The number of nitrogens with one attached hydrogen (secondary N) is 2. The zero-order valence-electron chi connectivity index (χ0n) is 15.6. The van der Waals surface area contributed by atoms with E-state index in [0.717, 1.165) is 5.56 Å². The van der Waals surface area contributed by atoms with Crippen molar-refractivity contribution >= 4 is 23.5 Å². The average Bonchev–Trinajstić information content (AvgIpc) is 2.69. The van der Waals surface area contributed by atoms with Gasteiger partial charge >= 0.3 is 5.97 Å². The highest BCUT2D eigenvalue weighted by atomic mass is 19.1. The number of halogens is 1. The fourth-order valence-corrected chi connectivity index (χ4v) is 2.48. The van der Waals surface area contributed by atoms with Gasteiger partial charge in [-0.2, -0.15) is 0 Å². The maximum absolute atomic E-state index is 12.8. The molecule has 1 atom stereocenters. The first-order chi connectivity index (χ1) is 13.4. The van der Waals surface area contributed by atoms with Crippen LogP contribution in [-0.4, -0.2) is 24.4 Å². The Balaban J connectivity index is 1.61. The Hall–Kier alpha value is -3.22. The molecule has 0 aliphatic rings. The van der Waals surface area contributed by atoms with Crippen LogP contribution in [-0.2, 0) is 19.1 Å². The number of rotatable bonds is 9. The summed E-state index contributed by atoms with van der Waals surface area (Å²) in [5, 5.41) is 5.36. The van der Waals surface area contributed by atoms with Gasteiger partial charge in [0.15, 0.2) is 6.61 Å². The van der Waals surface area contributed by atoms with E-state index >= 15 is 0 Å². The third-order valence-corrected chi connectivity index (χ3v) is 3.95. The van der Waals surface area contributed by atoms with Gasteiger partial charge in [-0.15, -0.1) is 0 Å². The lowest BCUT2D eigenvalue weighted by Crippen LogP contribution is -2.31. The smallest absolute Gasteiger partial charge is 0.306 e. The normalized spacial score (nSPS) is 11.4. The van der Waals surface area contributed by atoms with E-state index in [0.29, 0.717) is 5.69 Å². The van der Waals surface area contributed by atoms with E-state index in [1.54, 1.807) is 0 Å². The molecule has 2 N–H and O–H groups in total. The average molecular weight is 386 g/mol. The van der Waals surface area contributed by atoms with Crippen LogP contribution in [0.5, 0.6) is 0 Å². The van der Waals surface area contributed by atoms with Gasteiger partial charge in [0.1, 0.15) is 5.82 Å². The number of esters is 1. The summed E-state index contributed by atoms with van der Waals surface area (Å²) in [6.07, 6.45) is 0.427. The highest BCUT2D eigenvalue weighted by molar-refractivity contribution is 5.90. The Morgan fingerprint density at radius 3 is 2.32 bits per heavy atom. The van der Waals surface area contributed by atoms with Crippen molar-refractivity contribution in [3.8, 4) is 0 Å². The summed E-state index contributed by atoms with van der Waals surface area (Å²) >= 11 is 0. The molecule has 2 aromatic carbocycles. The molecule has 0 heterocycles. The lowest BCUT2D eigenvalue weighted by Gasteiger charge is -2.14. The predicted molar refractivity (Wildman–Crippen MR) is 103 cm³/mol. The summed E-state index contributed by atoms with van der Waals surface area (Å²) in [5.74, 6) is -1.60. The molecule has 2 rings (SSSR count). The summed E-state index contributed by atoms with van der Waals surface area (Å²) < 4.78 is 17.7. The van der Waals surface area contributed by atoms with Crippen LogP contribution in [0.25, 0.3) is 0 Å². The van der Waals surface area contributed by atoms with E-state index in [1.807, 2.05) is 37.3 Å². The SMILES string of the molecule is C[C@@H](NC(=O)COC(=O)CCCC(=O)Nc1ccc(F)cc1)c1ccccc1. The van der Waals surface area contributed by atoms with Crippen molar-refractivity contribution < 1.29 is 23.5 Å². The summed E-state index contributed by atoms with van der Waals surface area (Å²) in [4.78, 5) is 35.3. The topological polar surface area (TPSA) is 84.5 Å². The molecule has 0 aliphatic heterocycles. The number of carbonyl (C=O) groups is 3. The maximum atomic E-state index is 12.8. The Morgan fingerprint density at radius 1 is 0.964 bits per heavy atom. The van der Waals surface area contributed by atoms with Gasteiger partial charge in [-0.3, -0.25) is 14.4 Å². The van der Waals surface area contributed by atoms with Gasteiger partial charge in [0, 0.05) is 18.5 Å². The highest BCUT2D eigenvalue weighted by Gasteiger charge is 2.12. The molecule has 2 aromatic rings. The number of anilines is 1. The highest BCUT2D eigenvalue weighted by Crippen LogP contribution is 2.11. The molecular weight excluding hydrogens is 363 g/mol. The van der Waals surface area contributed by atoms with Crippen LogP contribution in [0.15, 0.2) is 54.6 Å². The van der Waals surface area contributed by atoms with Crippen LogP contribution < -0.4 is 10.6 Å². The summed E-state index contributed by atoms with van der Waals surface area (Å²) in [6, 6.07) is 14.7. The minimum absolute atomic E-state index is 0.0261. The number of carbonyl (C=O) groups excluding carboxylic acids is 3. The first-order valence-electron chi connectivity index (χ1n) is 8.99. The second kappa shape index (κ2) is 10.8. The van der Waals surface area contributed by atoms with Crippen molar-refractivity contribution in [1.29, 1.82) is 0 Å². The van der Waals surface area contributed by atoms with Gasteiger partial charge in [0.25, 0.3) is 5.91 Å². The van der Waals surface area contributed by atoms with Crippen LogP contribution in [0, 0.1) is 5.82 Å². The van der Waals surface area contributed by atoms with Crippen molar-refractivity contribution in [3.63, 3.8) is 0 Å². The number of hydrogen-bond acceptors (Lipinski definition) is 4. The van der Waals surface area contributed by atoms with Crippen LogP contribution in [0.2, 0.25) is 0 Å². The molecule has 0 radical (unpaired) electrons.